The minimum atomic E-state index is -3.60. The fraction of sp³-hybridized carbons (Fsp3) is 0.353. The van der Waals surface area contributed by atoms with Crippen molar-refractivity contribution in [2.45, 2.75) is 13.3 Å². The van der Waals surface area contributed by atoms with E-state index in [4.69, 9.17) is 4.42 Å². The monoisotopic (exact) mass is 510 g/mol. The van der Waals surface area contributed by atoms with Crippen LogP contribution in [0.1, 0.15) is 11.3 Å². The summed E-state index contributed by atoms with van der Waals surface area (Å²) in [5.41, 5.74) is 0.660. The molecule has 0 spiro atoms. The number of aliphatic imine (C=N–C) groups is 1. The molecule has 0 radical (unpaired) electrons. The molecule has 0 aliphatic rings. The molecule has 0 aliphatic heterocycles. The van der Waals surface area contributed by atoms with E-state index in [-0.39, 0.29) is 42.0 Å². The van der Waals surface area contributed by atoms with Crippen molar-refractivity contribution in [3.8, 4) is 0 Å². The van der Waals surface area contributed by atoms with Crippen molar-refractivity contribution in [2.24, 2.45) is 4.99 Å². The number of rotatable bonds is 8. The molecule has 7 nitrogen and oxygen atoms in total. The summed E-state index contributed by atoms with van der Waals surface area (Å²) in [6.07, 6.45) is 2.30. The fourth-order valence-corrected chi connectivity index (χ4v) is 3.13. The third-order valence-corrected chi connectivity index (χ3v) is 4.86. The summed E-state index contributed by atoms with van der Waals surface area (Å²) in [5.74, 6) is 0.712. The molecule has 27 heavy (non-hydrogen) atoms. The van der Waals surface area contributed by atoms with Crippen LogP contribution in [0.15, 0.2) is 46.0 Å². The lowest BCUT2D eigenvalue weighted by Gasteiger charge is -2.12. The van der Waals surface area contributed by atoms with Crippen LogP contribution in [0.4, 0.5) is 10.1 Å². The van der Waals surface area contributed by atoms with Crippen LogP contribution in [-0.2, 0) is 16.4 Å². The summed E-state index contributed by atoms with van der Waals surface area (Å²) in [4.78, 5) is 4.03. The zero-order valence-electron chi connectivity index (χ0n) is 15.2. The molecule has 10 heteroatoms. The highest BCUT2D eigenvalue weighted by Gasteiger charge is 2.12. The molecule has 1 aromatic heterocycles. The van der Waals surface area contributed by atoms with Gasteiger partial charge < -0.3 is 15.1 Å². The molecular weight excluding hydrogens is 486 g/mol. The highest BCUT2D eigenvalue weighted by molar-refractivity contribution is 14.0. The lowest BCUT2D eigenvalue weighted by molar-refractivity contribution is 0.507. The molecule has 150 valence electrons. The number of guanidine groups is 1. The number of benzene rings is 1. The van der Waals surface area contributed by atoms with E-state index in [0.29, 0.717) is 24.5 Å². The van der Waals surface area contributed by atoms with Gasteiger partial charge in [0.25, 0.3) is 0 Å². The van der Waals surface area contributed by atoms with E-state index >= 15 is 0 Å². The Morgan fingerprint density at radius 3 is 2.59 bits per heavy atom. The Morgan fingerprint density at radius 2 is 1.96 bits per heavy atom. The molecule has 0 saturated heterocycles. The van der Waals surface area contributed by atoms with Crippen molar-refractivity contribution in [3.05, 3.63) is 53.7 Å². The molecule has 1 aromatic carbocycles. The zero-order valence-corrected chi connectivity index (χ0v) is 18.3. The van der Waals surface area contributed by atoms with Gasteiger partial charge in [0.2, 0.25) is 10.0 Å². The molecule has 0 amide bonds. The Balaban J connectivity index is 0.00000364. The van der Waals surface area contributed by atoms with Gasteiger partial charge in [0.1, 0.15) is 11.6 Å². The first-order valence-corrected chi connectivity index (χ1v) is 9.78. The number of sulfonamides is 1. The van der Waals surface area contributed by atoms with Crippen molar-refractivity contribution < 1.29 is 17.2 Å². The van der Waals surface area contributed by atoms with Crippen LogP contribution in [0, 0.1) is 12.7 Å². The molecular formula is C17H24FIN4O3S. The van der Waals surface area contributed by atoms with Gasteiger partial charge in [-0.25, -0.2) is 12.8 Å². The predicted molar refractivity (Wildman–Crippen MR) is 116 cm³/mol. The first kappa shape index (κ1) is 23.2. The first-order chi connectivity index (χ1) is 12.4. The Morgan fingerprint density at radius 1 is 1.22 bits per heavy atom. The van der Waals surface area contributed by atoms with Crippen molar-refractivity contribution in [2.75, 3.05) is 30.6 Å². The van der Waals surface area contributed by atoms with Gasteiger partial charge in [-0.05, 0) is 36.8 Å². The van der Waals surface area contributed by atoms with Gasteiger partial charge in [-0.2, -0.15) is 0 Å². The highest BCUT2D eigenvalue weighted by atomic mass is 127. The Labute approximate surface area is 175 Å². The minimum Gasteiger partial charge on any atom is -0.469 e. The third-order valence-electron chi connectivity index (χ3n) is 3.58. The second-order valence-corrected chi connectivity index (χ2v) is 7.48. The average Bonchev–Trinajstić information content (AvgIpc) is 3.10. The second kappa shape index (κ2) is 11.1. The predicted octanol–water partition coefficient (Wildman–Crippen LogP) is 2.49. The lowest BCUT2D eigenvalue weighted by Crippen LogP contribution is -2.40. The molecule has 1 heterocycles. The smallest absolute Gasteiger partial charge is 0.234 e. The van der Waals surface area contributed by atoms with Crippen molar-refractivity contribution in [1.82, 2.24) is 10.6 Å². The van der Waals surface area contributed by atoms with E-state index in [1.807, 2.05) is 12.1 Å². The molecule has 2 rings (SSSR count). The molecule has 0 fully saturated rings. The third kappa shape index (κ3) is 8.16. The van der Waals surface area contributed by atoms with Crippen molar-refractivity contribution >= 4 is 45.6 Å². The standard InChI is InChI=1S/C17H23FN4O3S.HI/c1-13-5-6-14(12-16(13)18)22-26(23,24)11-9-21-17(19-2)20-8-7-15-4-3-10-25-15;/h3-6,10,12,22H,7-9,11H2,1-2H3,(H2,19,20,21);1H. The number of nitrogens with one attached hydrogen (secondary N) is 3. The van der Waals surface area contributed by atoms with Gasteiger partial charge in [0, 0.05) is 26.6 Å². The normalized spacial score (nSPS) is 11.6. The first-order valence-electron chi connectivity index (χ1n) is 8.13. The number of nitrogens with zero attached hydrogens (tertiary/aromatic N) is 1. The van der Waals surface area contributed by atoms with E-state index in [1.165, 1.54) is 12.1 Å². The van der Waals surface area contributed by atoms with E-state index in [1.54, 1.807) is 20.2 Å². The zero-order chi connectivity index (χ0) is 19.0. The number of hydrogen-bond acceptors (Lipinski definition) is 4. The van der Waals surface area contributed by atoms with Gasteiger partial charge in [-0.1, -0.05) is 6.07 Å². The lowest BCUT2D eigenvalue weighted by atomic mass is 10.2. The highest BCUT2D eigenvalue weighted by Crippen LogP contribution is 2.14. The van der Waals surface area contributed by atoms with Crippen LogP contribution in [-0.4, -0.2) is 40.3 Å². The number of aryl methyl sites for hydroxylation is 1. The summed E-state index contributed by atoms with van der Waals surface area (Å²) in [7, 11) is -2.00. The molecule has 0 bridgehead atoms. The Kier molecular flexibility index (Phi) is 9.56. The van der Waals surface area contributed by atoms with Crippen molar-refractivity contribution in [3.63, 3.8) is 0 Å². The van der Waals surface area contributed by atoms with E-state index in [2.05, 4.69) is 20.3 Å². The molecule has 0 saturated carbocycles. The van der Waals surface area contributed by atoms with Crippen LogP contribution in [0.3, 0.4) is 0 Å². The summed E-state index contributed by atoms with van der Waals surface area (Å²) in [6, 6.07) is 7.91. The van der Waals surface area contributed by atoms with Gasteiger partial charge in [-0.3, -0.25) is 9.71 Å². The summed E-state index contributed by atoms with van der Waals surface area (Å²) in [6.45, 7) is 2.37. The quantitative estimate of drug-likeness (QED) is 0.288. The minimum absolute atomic E-state index is 0. The molecule has 0 aliphatic carbocycles. The van der Waals surface area contributed by atoms with Crippen LogP contribution < -0.4 is 15.4 Å². The van der Waals surface area contributed by atoms with Crippen LogP contribution in [0.25, 0.3) is 0 Å². The number of anilines is 1. The maximum Gasteiger partial charge on any atom is 0.234 e. The van der Waals surface area contributed by atoms with Crippen molar-refractivity contribution in [1.29, 1.82) is 0 Å². The topological polar surface area (TPSA) is 95.7 Å². The number of hydrogen-bond donors (Lipinski definition) is 3. The van der Waals surface area contributed by atoms with E-state index in [0.717, 1.165) is 11.8 Å². The maximum absolute atomic E-state index is 13.5. The van der Waals surface area contributed by atoms with Gasteiger partial charge >= 0.3 is 0 Å². The maximum atomic E-state index is 13.5. The summed E-state index contributed by atoms with van der Waals surface area (Å²) in [5, 5.41) is 6.00. The Hall–Kier alpha value is -1.82. The molecule has 2 aromatic rings. The molecule has 0 unspecified atom stereocenters. The fourth-order valence-electron chi connectivity index (χ4n) is 2.17. The number of furan rings is 1. The molecule has 0 atom stereocenters. The number of halogens is 2. The average molecular weight is 510 g/mol. The second-order valence-electron chi connectivity index (χ2n) is 5.64. The SMILES string of the molecule is CN=C(NCCc1ccco1)NCCS(=O)(=O)Nc1ccc(C)c(F)c1.I. The van der Waals surface area contributed by atoms with Crippen LogP contribution >= 0.6 is 24.0 Å². The van der Waals surface area contributed by atoms with Gasteiger partial charge in [0.05, 0.1) is 17.7 Å². The van der Waals surface area contributed by atoms with Crippen LogP contribution in [0.2, 0.25) is 0 Å². The largest absolute Gasteiger partial charge is 0.469 e. The van der Waals surface area contributed by atoms with Crippen LogP contribution in [0.5, 0.6) is 0 Å². The van der Waals surface area contributed by atoms with E-state index in [9.17, 15) is 12.8 Å². The summed E-state index contributed by atoms with van der Waals surface area (Å²) >= 11 is 0. The summed E-state index contributed by atoms with van der Waals surface area (Å²) < 4.78 is 45.3. The van der Waals surface area contributed by atoms with E-state index < -0.39 is 15.8 Å². The van der Waals surface area contributed by atoms with Gasteiger partial charge in [0.15, 0.2) is 5.96 Å². The molecule has 3 N–H and O–H groups in total. The van der Waals surface area contributed by atoms with Gasteiger partial charge in [-0.15, -0.1) is 24.0 Å². The Bertz CT molecular complexity index is 842.